The highest BCUT2D eigenvalue weighted by atomic mass is 32.2. The van der Waals surface area contributed by atoms with Crippen LogP contribution in [-0.2, 0) is 0 Å². The number of aryl methyl sites for hydroxylation is 1. The highest BCUT2D eigenvalue weighted by Gasteiger charge is 2.20. The second kappa shape index (κ2) is 7.09. The molecule has 4 aromatic rings. The minimum atomic E-state index is 0.778. The summed E-state index contributed by atoms with van der Waals surface area (Å²) in [6.07, 6.45) is 0. The number of rotatable bonds is 3. The molecule has 4 nitrogen and oxygen atoms in total. The van der Waals surface area contributed by atoms with Gasteiger partial charge >= 0.3 is 0 Å². The third-order valence-corrected chi connectivity index (χ3v) is 5.74. The summed E-state index contributed by atoms with van der Waals surface area (Å²) in [5, 5.41) is 14.4. The summed E-state index contributed by atoms with van der Waals surface area (Å²) >= 11 is 1.67. The lowest BCUT2D eigenvalue weighted by atomic mass is 10.0. The van der Waals surface area contributed by atoms with Crippen LogP contribution in [0.5, 0.6) is 0 Å². The van der Waals surface area contributed by atoms with Gasteiger partial charge in [-0.05, 0) is 23.6 Å². The summed E-state index contributed by atoms with van der Waals surface area (Å²) < 4.78 is 1.86. The number of nitrogens with zero attached hydrogens (tertiary/aromatic N) is 4. The fraction of sp³-hybridized carbons (Fsp3) is 0.0870. The Balaban J connectivity index is 1.49. The molecule has 1 aliphatic heterocycles. The summed E-state index contributed by atoms with van der Waals surface area (Å²) in [6.45, 7) is 2.08. The van der Waals surface area contributed by atoms with E-state index < -0.39 is 0 Å². The number of hydrogen-bond donors (Lipinski definition) is 0. The summed E-state index contributed by atoms with van der Waals surface area (Å²) in [5.74, 6) is 1.57. The van der Waals surface area contributed by atoms with Crippen LogP contribution in [0.4, 0.5) is 0 Å². The van der Waals surface area contributed by atoms with Crippen LogP contribution in [0.15, 0.2) is 89.1 Å². The Bertz CT molecular complexity index is 1140. The monoisotopic (exact) mass is 382 g/mol. The molecule has 0 spiro atoms. The summed E-state index contributed by atoms with van der Waals surface area (Å²) in [5.41, 5.74) is 6.83. The molecule has 0 radical (unpaired) electrons. The highest BCUT2D eigenvalue weighted by molar-refractivity contribution is 7.99. The first-order valence-electron chi connectivity index (χ1n) is 9.17. The van der Waals surface area contributed by atoms with Crippen molar-refractivity contribution in [1.82, 2.24) is 14.9 Å². The fourth-order valence-corrected chi connectivity index (χ4v) is 4.08. The molecule has 28 heavy (non-hydrogen) atoms. The van der Waals surface area contributed by atoms with E-state index in [1.807, 2.05) is 10.7 Å². The van der Waals surface area contributed by atoms with E-state index in [1.165, 1.54) is 16.7 Å². The van der Waals surface area contributed by atoms with Crippen LogP contribution in [0.25, 0.3) is 22.5 Å². The third-order valence-electron chi connectivity index (χ3n) is 4.81. The second-order valence-electron chi connectivity index (χ2n) is 6.76. The van der Waals surface area contributed by atoms with E-state index in [1.54, 1.807) is 11.8 Å². The van der Waals surface area contributed by atoms with E-state index in [2.05, 4.69) is 89.9 Å². The van der Waals surface area contributed by atoms with Crippen molar-refractivity contribution in [1.29, 1.82) is 0 Å². The SMILES string of the molecule is Cc1ccc(-c2nnc3n2N=C(c2ccc(-c4ccccc4)cc2)CS3)cc1. The summed E-state index contributed by atoms with van der Waals surface area (Å²) in [4.78, 5) is 0. The zero-order chi connectivity index (χ0) is 18.9. The Morgan fingerprint density at radius 3 is 2.11 bits per heavy atom. The number of aromatic nitrogens is 3. The van der Waals surface area contributed by atoms with Crippen molar-refractivity contribution in [3.63, 3.8) is 0 Å². The van der Waals surface area contributed by atoms with E-state index in [4.69, 9.17) is 5.10 Å². The van der Waals surface area contributed by atoms with Gasteiger partial charge in [-0.1, -0.05) is 96.2 Å². The summed E-state index contributed by atoms with van der Waals surface area (Å²) in [7, 11) is 0. The van der Waals surface area contributed by atoms with Gasteiger partial charge in [0.15, 0.2) is 5.82 Å². The van der Waals surface area contributed by atoms with Gasteiger partial charge < -0.3 is 0 Å². The van der Waals surface area contributed by atoms with Crippen LogP contribution < -0.4 is 0 Å². The molecule has 0 saturated heterocycles. The average molecular weight is 382 g/mol. The van der Waals surface area contributed by atoms with Crippen molar-refractivity contribution in [3.8, 4) is 22.5 Å². The molecule has 1 aliphatic rings. The molecular formula is C23H18N4S. The van der Waals surface area contributed by atoms with Crippen LogP contribution in [0.1, 0.15) is 11.1 Å². The van der Waals surface area contributed by atoms with Gasteiger partial charge in [0.1, 0.15) is 0 Å². The largest absolute Gasteiger partial charge is 0.212 e. The van der Waals surface area contributed by atoms with E-state index in [0.29, 0.717) is 0 Å². The van der Waals surface area contributed by atoms with Crippen molar-refractivity contribution in [3.05, 3.63) is 90.0 Å². The third kappa shape index (κ3) is 3.14. The number of hydrogen-bond acceptors (Lipinski definition) is 4. The molecule has 0 fully saturated rings. The maximum atomic E-state index is 4.86. The fourth-order valence-electron chi connectivity index (χ4n) is 3.24. The zero-order valence-electron chi connectivity index (χ0n) is 15.4. The molecule has 0 atom stereocenters. The Hall–Kier alpha value is -3.18. The summed E-state index contributed by atoms with van der Waals surface area (Å²) in [6, 6.07) is 27.3. The Morgan fingerprint density at radius 1 is 0.714 bits per heavy atom. The molecule has 3 aromatic carbocycles. The molecule has 2 heterocycles. The van der Waals surface area contributed by atoms with Crippen LogP contribution in [0.3, 0.4) is 0 Å². The van der Waals surface area contributed by atoms with E-state index in [-0.39, 0.29) is 0 Å². The van der Waals surface area contributed by atoms with Gasteiger partial charge in [0.05, 0.1) is 5.71 Å². The highest BCUT2D eigenvalue weighted by Crippen LogP contribution is 2.29. The Morgan fingerprint density at radius 2 is 1.36 bits per heavy atom. The van der Waals surface area contributed by atoms with Crippen molar-refractivity contribution in [2.24, 2.45) is 5.10 Å². The van der Waals surface area contributed by atoms with Crippen LogP contribution in [-0.4, -0.2) is 26.3 Å². The van der Waals surface area contributed by atoms with Crippen LogP contribution in [0, 0.1) is 6.92 Å². The minimum absolute atomic E-state index is 0.778. The molecule has 0 aliphatic carbocycles. The smallest absolute Gasteiger partial charge is 0.187 e. The van der Waals surface area contributed by atoms with Crippen LogP contribution >= 0.6 is 11.8 Å². The van der Waals surface area contributed by atoms with Gasteiger partial charge in [-0.2, -0.15) is 9.78 Å². The maximum Gasteiger partial charge on any atom is 0.212 e. The molecule has 0 unspecified atom stereocenters. The number of fused-ring (bicyclic) bond motifs is 1. The van der Waals surface area contributed by atoms with Gasteiger partial charge in [0, 0.05) is 11.3 Å². The average Bonchev–Trinajstić information content (AvgIpc) is 3.18. The zero-order valence-corrected chi connectivity index (χ0v) is 16.2. The first kappa shape index (κ1) is 17.0. The van der Waals surface area contributed by atoms with E-state index >= 15 is 0 Å². The van der Waals surface area contributed by atoms with Crippen molar-refractivity contribution in [2.75, 3.05) is 5.75 Å². The predicted octanol–water partition coefficient (Wildman–Crippen LogP) is 5.28. The lowest BCUT2D eigenvalue weighted by Crippen LogP contribution is -2.13. The molecule has 0 bridgehead atoms. The first-order chi connectivity index (χ1) is 13.8. The Labute approximate surface area is 168 Å². The molecule has 0 N–H and O–H groups in total. The standard InChI is InChI=1S/C23H18N4S/c1-16-7-9-20(10-8-16)22-24-25-23-27(22)26-21(15-28-23)19-13-11-18(12-14-19)17-5-3-2-4-6-17/h2-14H,15H2,1H3. The quantitative estimate of drug-likeness (QED) is 0.484. The van der Waals surface area contributed by atoms with Gasteiger partial charge in [-0.3, -0.25) is 0 Å². The van der Waals surface area contributed by atoms with Gasteiger partial charge in [0.2, 0.25) is 5.16 Å². The molecule has 0 saturated carbocycles. The van der Waals surface area contributed by atoms with Gasteiger partial charge in [-0.15, -0.1) is 10.2 Å². The predicted molar refractivity (Wildman–Crippen MR) is 115 cm³/mol. The van der Waals surface area contributed by atoms with Gasteiger partial charge in [-0.25, -0.2) is 0 Å². The molecule has 136 valence electrons. The number of benzene rings is 3. The lowest BCUT2D eigenvalue weighted by molar-refractivity contribution is 0.762. The normalized spacial score (nSPS) is 13.1. The van der Waals surface area contributed by atoms with Gasteiger partial charge in [0.25, 0.3) is 0 Å². The van der Waals surface area contributed by atoms with E-state index in [0.717, 1.165) is 33.6 Å². The first-order valence-corrected chi connectivity index (χ1v) is 10.2. The maximum absolute atomic E-state index is 4.86. The lowest BCUT2D eigenvalue weighted by Gasteiger charge is -2.14. The molecule has 1 aromatic heterocycles. The van der Waals surface area contributed by atoms with Crippen LogP contribution in [0.2, 0.25) is 0 Å². The van der Waals surface area contributed by atoms with Crippen molar-refractivity contribution >= 4 is 17.5 Å². The number of thioether (sulfide) groups is 1. The Kier molecular flexibility index (Phi) is 4.29. The van der Waals surface area contributed by atoms with E-state index in [9.17, 15) is 0 Å². The van der Waals surface area contributed by atoms with Crippen molar-refractivity contribution in [2.45, 2.75) is 12.1 Å². The molecule has 5 heteroatoms. The molecule has 5 rings (SSSR count). The van der Waals surface area contributed by atoms with Crippen molar-refractivity contribution < 1.29 is 0 Å². The topological polar surface area (TPSA) is 43.1 Å². The minimum Gasteiger partial charge on any atom is -0.187 e. The molecular weight excluding hydrogens is 364 g/mol. The molecule has 0 amide bonds. The second-order valence-corrected chi connectivity index (χ2v) is 7.71.